The van der Waals surface area contributed by atoms with Gasteiger partial charge in [0.15, 0.2) is 5.89 Å². The van der Waals surface area contributed by atoms with E-state index in [4.69, 9.17) is 4.42 Å². The highest BCUT2D eigenvalue weighted by molar-refractivity contribution is 5.76. The Morgan fingerprint density at radius 1 is 1.53 bits per heavy atom. The van der Waals surface area contributed by atoms with Gasteiger partial charge in [-0.3, -0.25) is 4.79 Å². The minimum absolute atomic E-state index is 0.190. The molecule has 1 fully saturated rings. The molecule has 1 aromatic heterocycles. The molecule has 0 aromatic carbocycles. The van der Waals surface area contributed by atoms with E-state index >= 15 is 0 Å². The maximum atomic E-state index is 11.7. The molecule has 1 saturated heterocycles. The normalized spacial score (nSPS) is 16.7. The zero-order chi connectivity index (χ0) is 10.5. The van der Waals surface area contributed by atoms with E-state index in [0.717, 1.165) is 26.2 Å². The summed E-state index contributed by atoms with van der Waals surface area (Å²) in [6, 6.07) is 0. The lowest BCUT2D eigenvalue weighted by molar-refractivity contribution is -0.131. The molecule has 0 spiro atoms. The van der Waals surface area contributed by atoms with Crippen molar-refractivity contribution in [1.29, 1.82) is 0 Å². The van der Waals surface area contributed by atoms with Crippen molar-refractivity contribution in [2.75, 3.05) is 26.2 Å². The molecule has 0 aliphatic carbocycles. The highest BCUT2D eigenvalue weighted by Gasteiger charge is 2.16. The first-order valence-corrected chi connectivity index (χ1v) is 5.23. The Bertz CT molecular complexity index is 304. The summed E-state index contributed by atoms with van der Waals surface area (Å²) in [6.07, 6.45) is 4.21. The Balaban J connectivity index is 1.76. The molecule has 1 aliphatic heterocycles. The minimum atomic E-state index is 0.190. The summed E-state index contributed by atoms with van der Waals surface area (Å²) in [5.74, 6) is 0.827. The van der Waals surface area contributed by atoms with Gasteiger partial charge < -0.3 is 14.6 Å². The smallest absolute Gasteiger partial charge is 0.223 e. The molecule has 2 rings (SSSR count). The van der Waals surface area contributed by atoms with Crippen LogP contribution in [0.5, 0.6) is 0 Å². The van der Waals surface area contributed by atoms with Crippen LogP contribution < -0.4 is 5.32 Å². The average molecular weight is 209 g/mol. The van der Waals surface area contributed by atoms with Gasteiger partial charge in [0, 0.05) is 39.0 Å². The van der Waals surface area contributed by atoms with Crippen molar-refractivity contribution in [2.24, 2.45) is 0 Å². The van der Waals surface area contributed by atoms with Crippen molar-refractivity contribution in [3.63, 3.8) is 0 Å². The van der Waals surface area contributed by atoms with Crippen molar-refractivity contribution in [3.8, 4) is 0 Å². The van der Waals surface area contributed by atoms with Gasteiger partial charge in [0.1, 0.15) is 6.26 Å². The molecule has 1 N–H and O–H groups in total. The van der Waals surface area contributed by atoms with E-state index in [9.17, 15) is 4.79 Å². The summed E-state index contributed by atoms with van der Waals surface area (Å²) in [5, 5.41) is 3.21. The zero-order valence-electron chi connectivity index (χ0n) is 8.61. The standard InChI is InChI=1S/C10H15N3O2/c14-10(13-6-3-11-4-7-13)2-1-9-12-5-8-15-9/h5,8,11H,1-4,6-7H2. The maximum absolute atomic E-state index is 11.7. The number of hydrogen-bond acceptors (Lipinski definition) is 4. The molecule has 0 atom stereocenters. The molecule has 82 valence electrons. The summed E-state index contributed by atoms with van der Waals surface area (Å²) in [5.41, 5.74) is 0. The fraction of sp³-hybridized carbons (Fsp3) is 0.600. The first-order valence-electron chi connectivity index (χ1n) is 5.23. The summed E-state index contributed by atoms with van der Waals surface area (Å²) < 4.78 is 5.08. The fourth-order valence-electron chi connectivity index (χ4n) is 1.66. The number of rotatable bonds is 3. The largest absolute Gasteiger partial charge is 0.449 e. The number of nitrogens with zero attached hydrogens (tertiary/aromatic N) is 2. The van der Waals surface area contributed by atoms with Crippen molar-refractivity contribution in [2.45, 2.75) is 12.8 Å². The van der Waals surface area contributed by atoms with E-state index in [1.54, 1.807) is 6.20 Å². The van der Waals surface area contributed by atoms with E-state index in [2.05, 4.69) is 10.3 Å². The van der Waals surface area contributed by atoms with Gasteiger partial charge in [-0.05, 0) is 0 Å². The van der Waals surface area contributed by atoms with E-state index in [0.29, 0.717) is 18.7 Å². The van der Waals surface area contributed by atoms with Crippen LogP contribution in [-0.4, -0.2) is 42.0 Å². The fourth-order valence-corrected chi connectivity index (χ4v) is 1.66. The Morgan fingerprint density at radius 2 is 2.33 bits per heavy atom. The van der Waals surface area contributed by atoms with Crippen LogP contribution in [0.15, 0.2) is 16.9 Å². The molecule has 1 aromatic rings. The van der Waals surface area contributed by atoms with Gasteiger partial charge in [0.05, 0.1) is 6.20 Å². The number of oxazole rings is 1. The predicted molar refractivity (Wildman–Crippen MR) is 54.3 cm³/mol. The monoisotopic (exact) mass is 209 g/mol. The van der Waals surface area contributed by atoms with E-state index < -0.39 is 0 Å². The second-order valence-corrected chi connectivity index (χ2v) is 3.56. The Labute approximate surface area is 88.5 Å². The van der Waals surface area contributed by atoms with Crippen LogP contribution in [0.1, 0.15) is 12.3 Å². The van der Waals surface area contributed by atoms with Crippen LogP contribution >= 0.6 is 0 Å². The number of aromatic nitrogens is 1. The van der Waals surface area contributed by atoms with Gasteiger partial charge >= 0.3 is 0 Å². The first kappa shape index (κ1) is 10.2. The molecule has 0 unspecified atom stereocenters. The number of piperazine rings is 1. The van der Waals surface area contributed by atoms with Gasteiger partial charge in [-0.2, -0.15) is 0 Å². The second kappa shape index (κ2) is 4.93. The number of amides is 1. The highest BCUT2D eigenvalue weighted by atomic mass is 16.3. The van der Waals surface area contributed by atoms with Gasteiger partial charge in [-0.1, -0.05) is 0 Å². The third-order valence-electron chi connectivity index (χ3n) is 2.51. The number of carbonyl (C=O) groups is 1. The number of nitrogens with one attached hydrogen (secondary N) is 1. The van der Waals surface area contributed by atoms with Crippen LogP contribution in [-0.2, 0) is 11.2 Å². The topological polar surface area (TPSA) is 58.4 Å². The van der Waals surface area contributed by atoms with Gasteiger partial charge in [-0.15, -0.1) is 0 Å². The second-order valence-electron chi connectivity index (χ2n) is 3.56. The highest BCUT2D eigenvalue weighted by Crippen LogP contribution is 2.03. The molecule has 0 saturated carbocycles. The molecule has 5 heteroatoms. The van der Waals surface area contributed by atoms with Crippen LogP contribution in [0.25, 0.3) is 0 Å². The third kappa shape index (κ3) is 2.79. The maximum Gasteiger partial charge on any atom is 0.223 e. The predicted octanol–water partition coefficient (Wildman–Crippen LogP) is 0.0390. The quantitative estimate of drug-likeness (QED) is 0.763. The van der Waals surface area contributed by atoms with Crippen LogP contribution in [0.2, 0.25) is 0 Å². The van der Waals surface area contributed by atoms with Crippen LogP contribution in [0.4, 0.5) is 0 Å². The number of carbonyl (C=O) groups excluding carboxylic acids is 1. The molecule has 5 nitrogen and oxygen atoms in total. The van der Waals surface area contributed by atoms with Crippen molar-refractivity contribution >= 4 is 5.91 Å². The van der Waals surface area contributed by atoms with Gasteiger partial charge in [-0.25, -0.2) is 4.98 Å². The van der Waals surface area contributed by atoms with Crippen LogP contribution in [0.3, 0.4) is 0 Å². The number of aryl methyl sites for hydroxylation is 1. The lowest BCUT2D eigenvalue weighted by atomic mass is 10.2. The summed E-state index contributed by atoms with van der Waals surface area (Å²) in [6.45, 7) is 3.41. The Morgan fingerprint density at radius 3 is 3.00 bits per heavy atom. The average Bonchev–Trinajstić information content (AvgIpc) is 2.80. The van der Waals surface area contributed by atoms with Crippen molar-refractivity contribution in [3.05, 3.63) is 18.4 Å². The summed E-state index contributed by atoms with van der Waals surface area (Å²) in [7, 11) is 0. The molecule has 2 heterocycles. The summed E-state index contributed by atoms with van der Waals surface area (Å²) >= 11 is 0. The Hall–Kier alpha value is -1.36. The Kier molecular flexibility index (Phi) is 3.34. The third-order valence-corrected chi connectivity index (χ3v) is 2.51. The molecule has 0 radical (unpaired) electrons. The van der Waals surface area contributed by atoms with E-state index in [1.807, 2.05) is 4.90 Å². The molecule has 1 amide bonds. The van der Waals surface area contributed by atoms with E-state index in [1.165, 1.54) is 6.26 Å². The zero-order valence-corrected chi connectivity index (χ0v) is 8.61. The molecule has 0 bridgehead atoms. The first-order chi connectivity index (χ1) is 7.36. The molecular formula is C10H15N3O2. The van der Waals surface area contributed by atoms with Crippen LogP contribution in [0, 0.1) is 0 Å². The molecule has 15 heavy (non-hydrogen) atoms. The van der Waals surface area contributed by atoms with E-state index in [-0.39, 0.29) is 5.91 Å². The molecule has 1 aliphatic rings. The number of hydrogen-bond donors (Lipinski definition) is 1. The van der Waals surface area contributed by atoms with Crippen molar-refractivity contribution < 1.29 is 9.21 Å². The van der Waals surface area contributed by atoms with Gasteiger partial charge in [0.2, 0.25) is 5.91 Å². The van der Waals surface area contributed by atoms with Gasteiger partial charge in [0.25, 0.3) is 0 Å². The molecular weight excluding hydrogens is 194 g/mol. The minimum Gasteiger partial charge on any atom is -0.449 e. The lowest BCUT2D eigenvalue weighted by Crippen LogP contribution is -2.46. The lowest BCUT2D eigenvalue weighted by Gasteiger charge is -2.27. The SMILES string of the molecule is O=C(CCc1ncco1)N1CCNCC1. The summed E-state index contributed by atoms with van der Waals surface area (Å²) in [4.78, 5) is 17.6. The van der Waals surface area contributed by atoms with Crippen molar-refractivity contribution in [1.82, 2.24) is 15.2 Å².